The molecule has 0 atom stereocenters. The van der Waals surface area contributed by atoms with E-state index in [4.69, 9.17) is 0 Å². The summed E-state index contributed by atoms with van der Waals surface area (Å²) in [7, 11) is 0. The fraction of sp³-hybridized carbons (Fsp3) is 0.118. The van der Waals surface area contributed by atoms with Crippen LogP contribution in [-0.2, 0) is 4.79 Å². The Bertz CT molecular complexity index is 999. The van der Waals surface area contributed by atoms with Crippen LogP contribution in [0.3, 0.4) is 0 Å². The molecule has 0 fully saturated rings. The predicted molar refractivity (Wildman–Crippen MR) is 100 cm³/mol. The molecule has 0 aliphatic rings. The minimum atomic E-state index is -0.485. The number of hydrogen-bond acceptors (Lipinski definition) is 6. The number of carbonyl (C=O) groups is 1. The van der Waals surface area contributed by atoms with Gasteiger partial charge < -0.3 is 4.98 Å². The molecular formula is C17H15N5O3S. The zero-order chi connectivity index (χ0) is 18.5. The van der Waals surface area contributed by atoms with Gasteiger partial charge in [0.25, 0.3) is 11.6 Å². The average Bonchev–Trinajstić information content (AvgIpc) is 3.05. The summed E-state index contributed by atoms with van der Waals surface area (Å²) in [5, 5.41) is 15.2. The number of hydrogen-bond donors (Lipinski definition) is 2. The number of nitrogens with zero attached hydrogens (tertiary/aromatic N) is 3. The molecule has 3 aromatic rings. The number of nitrogens with one attached hydrogen (secondary N) is 2. The molecule has 0 radical (unpaired) electrons. The lowest BCUT2D eigenvalue weighted by molar-refractivity contribution is -0.384. The van der Waals surface area contributed by atoms with Crippen molar-refractivity contribution in [1.29, 1.82) is 0 Å². The molecule has 0 aliphatic heterocycles. The van der Waals surface area contributed by atoms with Crippen LogP contribution in [0.1, 0.15) is 11.1 Å². The van der Waals surface area contributed by atoms with Crippen molar-refractivity contribution in [1.82, 2.24) is 15.4 Å². The molecule has 0 aliphatic carbocycles. The van der Waals surface area contributed by atoms with E-state index < -0.39 is 4.92 Å². The van der Waals surface area contributed by atoms with Crippen molar-refractivity contribution in [2.45, 2.75) is 12.1 Å². The van der Waals surface area contributed by atoms with E-state index in [1.165, 1.54) is 30.1 Å². The quantitative estimate of drug-likeness (QED) is 0.300. The molecule has 0 saturated carbocycles. The minimum Gasteiger partial charge on any atom is -0.333 e. The second kappa shape index (κ2) is 7.79. The van der Waals surface area contributed by atoms with Gasteiger partial charge in [0.15, 0.2) is 5.16 Å². The van der Waals surface area contributed by atoms with E-state index in [9.17, 15) is 14.9 Å². The summed E-state index contributed by atoms with van der Waals surface area (Å²) < 4.78 is 0. The molecule has 0 saturated heterocycles. The van der Waals surface area contributed by atoms with Crippen LogP contribution in [-0.4, -0.2) is 32.8 Å². The first kappa shape index (κ1) is 17.6. The van der Waals surface area contributed by atoms with E-state index in [1.54, 1.807) is 12.1 Å². The number of aryl methyl sites for hydroxylation is 1. The van der Waals surface area contributed by atoms with Crippen molar-refractivity contribution in [2.24, 2.45) is 5.10 Å². The Morgan fingerprint density at radius 3 is 2.96 bits per heavy atom. The van der Waals surface area contributed by atoms with Gasteiger partial charge in [-0.2, -0.15) is 5.10 Å². The van der Waals surface area contributed by atoms with E-state index in [-0.39, 0.29) is 17.3 Å². The molecular weight excluding hydrogens is 354 g/mol. The van der Waals surface area contributed by atoms with Crippen molar-refractivity contribution >= 4 is 40.6 Å². The van der Waals surface area contributed by atoms with Gasteiger partial charge in [0.05, 0.1) is 27.9 Å². The third-order valence-corrected chi connectivity index (χ3v) is 4.39. The Hall–Kier alpha value is -3.20. The first-order valence-corrected chi connectivity index (χ1v) is 8.66. The Balaban J connectivity index is 1.54. The van der Waals surface area contributed by atoms with Crippen LogP contribution >= 0.6 is 11.8 Å². The molecule has 0 bridgehead atoms. The van der Waals surface area contributed by atoms with Gasteiger partial charge in [-0.15, -0.1) is 0 Å². The van der Waals surface area contributed by atoms with Gasteiger partial charge in [0, 0.05) is 17.7 Å². The van der Waals surface area contributed by atoms with Crippen LogP contribution in [0.5, 0.6) is 0 Å². The molecule has 3 rings (SSSR count). The lowest BCUT2D eigenvalue weighted by atomic mass is 10.2. The Morgan fingerprint density at radius 1 is 1.38 bits per heavy atom. The summed E-state index contributed by atoms with van der Waals surface area (Å²) >= 11 is 1.27. The summed E-state index contributed by atoms with van der Waals surface area (Å²) in [5.41, 5.74) is 5.77. The number of H-pyrrole nitrogens is 1. The molecule has 1 heterocycles. The first-order valence-electron chi connectivity index (χ1n) is 7.67. The fourth-order valence-electron chi connectivity index (χ4n) is 2.28. The van der Waals surface area contributed by atoms with Crippen LogP contribution in [0.15, 0.2) is 52.7 Å². The normalized spacial score (nSPS) is 11.1. The van der Waals surface area contributed by atoms with Crippen LogP contribution in [0.25, 0.3) is 11.0 Å². The lowest BCUT2D eigenvalue weighted by Crippen LogP contribution is -2.19. The number of carbonyl (C=O) groups excluding carboxylic acids is 1. The SMILES string of the molecule is Cc1cccc2[nH]c(SCC(=O)N/N=C/c3cccc([N+](=O)[O-])c3)nc12. The van der Waals surface area contributed by atoms with E-state index in [1.807, 2.05) is 25.1 Å². The van der Waals surface area contributed by atoms with Crippen molar-refractivity contribution in [3.05, 3.63) is 63.7 Å². The Kier molecular flexibility index (Phi) is 5.28. The van der Waals surface area contributed by atoms with Gasteiger partial charge in [-0.1, -0.05) is 36.0 Å². The van der Waals surface area contributed by atoms with Crippen molar-refractivity contribution in [2.75, 3.05) is 5.75 Å². The molecule has 1 aromatic heterocycles. The Morgan fingerprint density at radius 2 is 2.19 bits per heavy atom. The molecule has 2 N–H and O–H groups in total. The van der Waals surface area contributed by atoms with Crippen molar-refractivity contribution in [3.63, 3.8) is 0 Å². The standard InChI is InChI=1S/C17H15N5O3S/c1-11-4-2-7-14-16(11)20-17(19-14)26-10-15(23)21-18-9-12-5-3-6-13(8-12)22(24)25/h2-9H,10H2,1H3,(H,19,20)(H,21,23)/b18-9+. The predicted octanol–water partition coefficient (Wildman–Crippen LogP) is 3.02. The zero-order valence-corrected chi connectivity index (χ0v) is 14.6. The number of aromatic amines is 1. The summed E-state index contributed by atoms with van der Waals surface area (Å²) in [6.07, 6.45) is 1.36. The van der Waals surface area contributed by atoms with Crippen LogP contribution in [0, 0.1) is 17.0 Å². The van der Waals surface area contributed by atoms with Crippen LogP contribution in [0.4, 0.5) is 5.69 Å². The smallest absolute Gasteiger partial charge is 0.270 e. The molecule has 2 aromatic carbocycles. The minimum absolute atomic E-state index is 0.0315. The molecule has 9 heteroatoms. The molecule has 0 spiro atoms. The number of imidazole rings is 1. The summed E-state index contributed by atoms with van der Waals surface area (Å²) in [4.78, 5) is 29.7. The summed E-state index contributed by atoms with van der Waals surface area (Å²) in [6.45, 7) is 1.98. The third-order valence-electron chi connectivity index (χ3n) is 3.52. The number of amides is 1. The number of benzene rings is 2. The van der Waals surface area contributed by atoms with Crippen molar-refractivity contribution in [3.8, 4) is 0 Å². The second-order valence-corrected chi connectivity index (χ2v) is 6.41. The average molecular weight is 369 g/mol. The Labute approximate surface area is 152 Å². The fourth-order valence-corrected chi connectivity index (χ4v) is 2.96. The van der Waals surface area contributed by atoms with E-state index in [2.05, 4.69) is 20.5 Å². The van der Waals surface area contributed by atoms with E-state index in [0.29, 0.717) is 10.7 Å². The highest BCUT2D eigenvalue weighted by Crippen LogP contribution is 2.21. The summed E-state index contributed by atoms with van der Waals surface area (Å²) in [6, 6.07) is 11.8. The molecule has 1 amide bonds. The highest BCUT2D eigenvalue weighted by atomic mass is 32.2. The second-order valence-electron chi connectivity index (χ2n) is 5.45. The highest BCUT2D eigenvalue weighted by molar-refractivity contribution is 7.99. The number of aromatic nitrogens is 2. The van der Waals surface area contributed by atoms with Crippen molar-refractivity contribution < 1.29 is 9.72 Å². The van der Waals surface area contributed by atoms with Gasteiger partial charge in [-0.05, 0) is 18.6 Å². The zero-order valence-electron chi connectivity index (χ0n) is 13.8. The number of non-ortho nitro benzene ring substituents is 1. The van der Waals surface area contributed by atoms with E-state index in [0.717, 1.165) is 16.6 Å². The van der Waals surface area contributed by atoms with E-state index >= 15 is 0 Å². The number of nitro groups is 1. The third kappa shape index (κ3) is 4.25. The van der Waals surface area contributed by atoms with Gasteiger partial charge in [-0.25, -0.2) is 10.4 Å². The number of hydrazone groups is 1. The van der Waals surface area contributed by atoms with Gasteiger partial charge >= 0.3 is 0 Å². The summed E-state index contributed by atoms with van der Waals surface area (Å²) in [5.74, 6) is -0.153. The number of thioether (sulfide) groups is 1. The lowest BCUT2D eigenvalue weighted by Gasteiger charge is -1.98. The molecule has 8 nitrogen and oxygen atoms in total. The number of fused-ring (bicyclic) bond motifs is 1. The molecule has 26 heavy (non-hydrogen) atoms. The van der Waals surface area contributed by atoms with Crippen LogP contribution < -0.4 is 5.43 Å². The molecule has 0 unspecified atom stereocenters. The largest absolute Gasteiger partial charge is 0.333 e. The number of nitro benzene ring substituents is 1. The van der Waals surface area contributed by atoms with Crippen LogP contribution in [0.2, 0.25) is 0 Å². The first-order chi connectivity index (χ1) is 12.5. The number of para-hydroxylation sites is 1. The molecule has 132 valence electrons. The monoisotopic (exact) mass is 369 g/mol. The van der Waals surface area contributed by atoms with Gasteiger partial charge in [0.1, 0.15) is 0 Å². The maximum absolute atomic E-state index is 11.9. The van der Waals surface area contributed by atoms with Gasteiger partial charge in [-0.3, -0.25) is 14.9 Å². The highest BCUT2D eigenvalue weighted by Gasteiger charge is 2.08. The number of rotatable bonds is 6. The van der Waals surface area contributed by atoms with Gasteiger partial charge in [0.2, 0.25) is 0 Å². The topological polar surface area (TPSA) is 113 Å². The maximum atomic E-state index is 11.9. The maximum Gasteiger partial charge on any atom is 0.270 e.